The second-order valence-electron chi connectivity index (χ2n) is 8.77. The first kappa shape index (κ1) is 23.3. The van der Waals surface area contributed by atoms with E-state index in [1.807, 2.05) is 19.1 Å². The number of rotatable bonds is 6. The van der Waals surface area contributed by atoms with E-state index in [1.54, 1.807) is 36.4 Å². The zero-order chi connectivity index (χ0) is 25.2. The zero-order valence-electron chi connectivity index (χ0n) is 20.4. The number of halogens is 1. The van der Waals surface area contributed by atoms with Crippen LogP contribution in [0.1, 0.15) is 35.1 Å². The van der Waals surface area contributed by atoms with E-state index in [0.717, 1.165) is 51.4 Å². The van der Waals surface area contributed by atoms with Gasteiger partial charge in [-0.25, -0.2) is 14.4 Å². The maximum atomic E-state index is 14.1. The van der Waals surface area contributed by atoms with E-state index in [-0.39, 0.29) is 5.75 Å². The fourth-order valence-electron chi connectivity index (χ4n) is 4.43. The SMILES string of the molecule is CCc1nc2c(C)cc(C)nc2n1Cc1ccc(-c2cc(Oc3ccccc3F)ccc2C#N)cc1. The van der Waals surface area contributed by atoms with Crippen LogP contribution in [-0.2, 0) is 13.0 Å². The molecule has 0 fully saturated rings. The summed E-state index contributed by atoms with van der Waals surface area (Å²) >= 11 is 0. The van der Waals surface area contributed by atoms with Crippen molar-refractivity contribution in [2.45, 2.75) is 33.7 Å². The Hall–Kier alpha value is -4.50. The largest absolute Gasteiger partial charge is 0.454 e. The van der Waals surface area contributed by atoms with Gasteiger partial charge < -0.3 is 9.30 Å². The first-order valence-electron chi connectivity index (χ1n) is 11.9. The van der Waals surface area contributed by atoms with Crippen molar-refractivity contribution in [1.29, 1.82) is 5.26 Å². The third kappa shape index (κ3) is 4.44. The van der Waals surface area contributed by atoms with Crippen LogP contribution in [0.2, 0.25) is 0 Å². The molecule has 36 heavy (non-hydrogen) atoms. The molecule has 0 amide bonds. The van der Waals surface area contributed by atoms with Gasteiger partial charge in [-0.3, -0.25) is 0 Å². The topological polar surface area (TPSA) is 63.7 Å². The molecule has 6 heteroatoms. The summed E-state index contributed by atoms with van der Waals surface area (Å²) < 4.78 is 22.0. The van der Waals surface area contributed by atoms with Gasteiger partial charge in [0, 0.05) is 17.7 Å². The summed E-state index contributed by atoms with van der Waals surface area (Å²) in [6.45, 7) is 6.82. The van der Waals surface area contributed by atoms with Crippen molar-refractivity contribution in [2.24, 2.45) is 0 Å². The number of hydrogen-bond acceptors (Lipinski definition) is 4. The Kier molecular flexibility index (Phi) is 6.22. The van der Waals surface area contributed by atoms with Crippen LogP contribution >= 0.6 is 0 Å². The molecule has 2 heterocycles. The molecule has 0 spiro atoms. The number of nitrogens with zero attached hydrogens (tertiary/aromatic N) is 4. The Labute approximate surface area is 209 Å². The second kappa shape index (κ2) is 9.63. The van der Waals surface area contributed by atoms with Crippen molar-refractivity contribution >= 4 is 11.2 Å². The summed E-state index contributed by atoms with van der Waals surface area (Å²) in [5.41, 5.74) is 7.18. The summed E-state index contributed by atoms with van der Waals surface area (Å²) in [6.07, 6.45) is 0.813. The van der Waals surface area contributed by atoms with Crippen LogP contribution in [0.4, 0.5) is 4.39 Å². The third-order valence-electron chi connectivity index (χ3n) is 6.20. The van der Waals surface area contributed by atoms with Gasteiger partial charge in [-0.1, -0.05) is 43.3 Å². The summed E-state index contributed by atoms with van der Waals surface area (Å²) in [4.78, 5) is 9.59. The molecule has 5 aromatic rings. The molecule has 0 bridgehead atoms. The minimum atomic E-state index is -0.439. The average Bonchev–Trinajstić information content (AvgIpc) is 3.23. The number of hydrogen-bond donors (Lipinski definition) is 0. The van der Waals surface area contributed by atoms with Gasteiger partial charge in [-0.2, -0.15) is 5.26 Å². The number of para-hydroxylation sites is 1. The highest BCUT2D eigenvalue weighted by Gasteiger charge is 2.14. The molecule has 0 saturated carbocycles. The van der Waals surface area contributed by atoms with Crippen molar-refractivity contribution in [1.82, 2.24) is 14.5 Å². The zero-order valence-corrected chi connectivity index (χ0v) is 20.4. The van der Waals surface area contributed by atoms with Crippen molar-refractivity contribution in [3.05, 3.63) is 107 Å². The van der Waals surface area contributed by atoms with Gasteiger partial charge in [0.15, 0.2) is 17.2 Å². The molecular weight excluding hydrogens is 451 g/mol. The van der Waals surface area contributed by atoms with Crippen LogP contribution in [0.15, 0.2) is 72.8 Å². The predicted octanol–water partition coefficient (Wildman–Crippen LogP) is 7.13. The van der Waals surface area contributed by atoms with Gasteiger partial charge in [0.05, 0.1) is 18.2 Å². The van der Waals surface area contributed by atoms with E-state index >= 15 is 0 Å². The molecule has 5 nitrogen and oxygen atoms in total. The fraction of sp³-hybridized carbons (Fsp3) is 0.167. The van der Waals surface area contributed by atoms with Crippen LogP contribution in [0.3, 0.4) is 0 Å². The predicted molar refractivity (Wildman–Crippen MR) is 139 cm³/mol. The van der Waals surface area contributed by atoms with Crippen molar-refractivity contribution in [3.8, 4) is 28.7 Å². The molecule has 3 aromatic carbocycles. The number of imidazole rings is 1. The van der Waals surface area contributed by atoms with Crippen LogP contribution in [-0.4, -0.2) is 14.5 Å². The monoisotopic (exact) mass is 476 g/mol. The summed E-state index contributed by atoms with van der Waals surface area (Å²) in [7, 11) is 0. The Morgan fingerprint density at radius 2 is 1.75 bits per heavy atom. The summed E-state index contributed by atoms with van der Waals surface area (Å²) in [6, 6.07) is 23.8. The molecule has 0 aliphatic heterocycles. The smallest absolute Gasteiger partial charge is 0.165 e. The number of aromatic nitrogens is 3. The lowest BCUT2D eigenvalue weighted by Crippen LogP contribution is -2.05. The fourth-order valence-corrected chi connectivity index (χ4v) is 4.43. The van der Waals surface area contributed by atoms with Crippen LogP contribution in [0, 0.1) is 31.0 Å². The lowest BCUT2D eigenvalue weighted by Gasteiger charge is -2.12. The average molecular weight is 477 g/mol. The highest BCUT2D eigenvalue weighted by molar-refractivity contribution is 5.76. The lowest BCUT2D eigenvalue weighted by atomic mass is 9.99. The number of aryl methyl sites for hydroxylation is 3. The van der Waals surface area contributed by atoms with Crippen LogP contribution < -0.4 is 4.74 Å². The van der Waals surface area contributed by atoms with E-state index in [2.05, 4.69) is 42.7 Å². The van der Waals surface area contributed by atoms with Crippen molar-refractivity contribution in [2.75, 3.05) is 0 Å². The molecule has 0 radical (unpaired) electrons. The van der Waals surface area contributed by atoms with Crippen molar-refractivity contribution in [3.63, 3.8) is 0 Å². The Balaban J connectivity index is 1.46. The van der Waals surface area contributed by atoms with E-state index in [0.29, 0.717) is 17.9 Å². The van der Waals surface area contributed by atoms with Gasteiger partial charge in [0.2, 0.25) is 0 Å². The maximum absolute atomic E-state index is 14.1. The number of ether oxygens (including phenoxy) is 1. The molecule has 0 N–H and O–H groups in total. The van der Waals surface area contributed by atoms with E-state index < -0.39 is 5.82 Å². The van der Waals surface area contributed by atoms with Crippen molar-refractivity contribution < 1.29 is 9.13 Å². The molecule has 178 valence electrons. The minimum Gasteiger partial charge on any atom is -0.454 e. The standard InChI is InChI=1S/C30H25FN4O/c1-4-28-34-29-19(2)15-20(3)33-30(29)35(28)18-21-9-11-22(12-10-21)25-16-24(14-13-23(25)17-32)36-27-8-6-5-7-26(27)31/h5-16H,4,18H2,1-3H3. The van der Waals surface area contributed by atoms with Crippen LogP contribution in [0.25, 0.3) is 22.3 Å². The molecule has 5 rings (SSSR count). The number of benzene rings is 3. The van der Waals surface area contributed by atoms with Gasteiger partial charge in [-0.05, 0) is 66.9 Å². The maximum Gasteiger partial charge on any atom is 0.165 e. The Morgan fingerprint density at radius 3 is 2.47 bits per heavy atom. The first-order chi connectivity index (χ1) is 17.5. The van der Waals surface area contributed by atoms with Gasteiger partial charge in [-0.15, -0.1) is 0 Å². The normalized spacial score (nSPS) is 11.0. The van der Waals surface area contributed by atoms with Gasteiger partial charge >= 0.3 is 0 Å². The number of fused-ring (bicyclic) bond motifs is 1. The first-order valence-corrected chi connectivity index (χ1v) is 11.9. The highest BCUT2D eigenvalue weighted by Crippen LogP contribution is 2.32. The van der Waals surface area contributed by atoms with E-state index in [1.165, 1.54) is 6.07 Å². The molecule has 0 unspecified atom stereocenters. The third-order valence-corrected chi connectivity index (χ3v) is 6.20. The van der Waals surface area contributed by atoms with E-state index in [9.17, 15) is 9.65 Å². The van der Waals surface area contributed by atoms with Gasteiger partial charge in [0.25, 0.3) is 0 Å². The number of pyridine rings is 1. The van der Waals surface area contributed by atoms with Gasteiger partial charge in [0.1, 0.15) is 17.1 Å². The summed E-state index contributed by atoms with van der Waals surface area (Å²) in [5.74, 6) is 1.17. The van der Waals surface area contributed by atoms with E-state index in [4.69, 9.17) is 14.7 Å². The molecular formula is C30H25FN4O. The quantitative estimate of drug-likeness (QED) is 0.262. The second-order valence-corrected chi connectivity index (χ2v) is 8.77. The molecule has 0 saturated heterocycles. The lowest BCUT2D eigenvalue weighted by molar-refractivity contribution is 0.442. The minimum absolute atomic E-state index is 0.141. The molecule has 0 aliphatic rings. The molecule has 2 aromatic heterocycles. The molecule has 0 aliphatic carbocycles. The highest BCUT2D eigenvalue weighted by atomic mass is 19.1. The Bertz CT molecular complexity index is 1610. The van der Waals surface area contributed by atoms with Crippen LogP contribution in [0.5, 0.6) is 11.5 Å². The number of nitriles is 1. The summed E-state index contributed by atoms with van der Waals surface area (Å²) in [5, 5.41) is 9.67. The Morgan fingerprint density at radius 1 is 0.972 bits per heavy atom. The molecule has 0 atom stereocenters.